The lowest BCUT2D eigenvalue weighted by molar-refractivity contribution is -0.137. The van der Waals surface area contributed by atoms with Gasteiger partial charge in [0.1, 0.15) is 5.82 Å². The van der Waals surface area contributed by atoms with Gasteiger partial charge in [0.15, 0.2) is 0 Å². The second-order valence-corrected chi connectivity index (χ2v) is 12.3. The number of aromatic nitrogens is 2. The molecule has 43 heavy (non-hydrogen) atoms. The number of hydrogen-bond acceptors (Lipinski definition) is 8. The van der Waals surface area contributed by atoms with Crippen molar-refractivity contribution in [3.8, 4) is 11.1 Å². The third-order valence-corrected chi connectivity index (χ3v) is 8.28. The molecule has 0 aliphatic rings. The lowest BCUT2D eigenvalue weighted by atomic mass is 10.1. The molecular formula is C30H31F3N6O3S. The van der Waals surface area contributed by atoms with Crippen LogP contribution in [0.4, 0.5) is 36.3 Å². The number of halogens is 3. The number of rotatable bonds is 10. The summed E-state index contributed by atoms with van der Waals surface area (Å²) in [4.78, 5) is 22.1. The van der Waals surface area contributed by atoms with Gasteiger partial charge >= 0.3 is 6.18 Å². The van der Waals surface area contributed by atoms with Gasteiger partial charge in [0.2, 0.25) is 11.9 Å². The molecule has 0 aliphatic heterocycles. The maximum absolute atomic E-state index is 13.0. The highest BCUT2D eigenvalue weighted by Crippen LogP contribution is 2.31. The predicted octanol–water partition coefficient (Wildman–Crippen LogP) is 5.97. The molecule has 9 nitrogen and oxygen atoms in total. The summed E-state index contributed by atoms with van der Waals surface area (Å²) in [7, 11) is -0.942. The highest BCUT2D eigenvalue weighted by molar-refractivity contribution is 7.93. The number of anilines is 4. The van der Waals surface area contributed by atoms with E-state index in [-0.39, 0.29) is 24.6 Å². The van der Waals surface area contributed by atoms with Crippen molar-refractivity contribution in [2.45, 2.75) is 30.5 Å². The number of nitrogens with one attached hydrogen (secondary N) is 3. The van der Waals surface area contributed by atoms with Crippen LogP contribution in [0.1, 0.15) is 18.1 Å². The fraction of sp³-hybridized carbons (Fsp3) is 0.233. The molecule has 0 aliphatic carbocycles. The van der Waals surface area contributed by atoms with E-state index in [1.165, 1.54) is 19.2 Å². The Morgan fingerprint density at radius 2 is 1.72 bits per heavy atom. The first-order valence-corrected chi connectivity index (χ1v) is 15.1. The van der Waals surface area contributed by atoms with E-state index in [0.717, 1.165) is 17.7 Å². The summed E-state index contributed by atoms with van der Waals surface area (Å²) in [5.74, 6) is 0.293. The Kier molecular flexibility index (Phi) is 9.66. The number of aliphatic hydroxyl groups is 1. The van der Waals surface area contributed by atoms with Gasteiger partial charge < -0.3 is 21.1 Å². The Balaban J connectivity index is 1.50. The molecule has 2 unspecified atom stereocenters. The van der Waals surface area contributed by atoms with Crippen molar-refractivity contribution in [2.75, 3.05) is 35.9 Å². The molecule has 4 rings (SSSR count). The number of aliphatic hydroxyl groups excluding tert-OH is 1. The molecule has 0 fully saturated rings. The first kappa shape index (κ1) is 31.4. The molecule has 4 aromatic rings. The van der Waals surface area contributed by atoms with Crippen LogP contribution >= 0.6 is 0 Å². The van der Waals surface area contributed by atoms with Crippen molar-refractivity contribution in [1.82, 2.24) is 9.97 Å². The van der Waals surface area contributed by atoms with Crippen molar-refractivity contribution in [2.24, 2.45) is 4.36 Å². The Bertz CT molecular complexity index is 1700. The second-order valence-electron chi connectivity index (χ2n) is 9.82. The quantitative estimate of drug-likeness (QED) is 0.174. The van der Waals surface area contributed by atoms with E-state index >= 15 is 0 Å². The van der Waals surface area contributed by atoms with Crippen LogP contribution in [0.3, 0.4) is 0 Å². The first-order chi connectivity index (χ1) is 20.4. The van der Waals surface area contributed by atoms with Crippen molar-refractivity contribution in [3.05, 3.63) is 90.1 Å². The first-order valence-electron chi connectivity index (χ1n) is 13.2. The van der Waals surface area contributed by atoms with Gasteiger partial charge in [-0.15, -0.1) is 0 Å². The smallest absolute Gasteiger partial charge is 0.394 e. The molecule has 0 saturated carbocycles. The van der Waals surface area contributed by atoms with Crippen molar-refractivity contribution >= 4 is 38.8 Å². The molecule has 0 bridgehead atoms. The molecule has 2 atom stereocenters. The van der Waals surface area contributed by atoms with Crippen LogP contribution in [-0.4, -0.2) is 51.1 Å². The summed E-state index contributed by atoms with van der Waals surface area (Å²) in [5.41, 5.74) is 1.95. The zero-order valence-electron chi connectivity index (χ0n) is 23.6. The van der Waals surface area contributed by atoms with Gasteiger partial charge in [-0.2, -0.15) is 18.2 Å². The van der Waals surface area contributed by atoms with Gasteiger partial charge in [0, 0.05) is 47.4 Å². The molecule has 0 radical (unpaired) electrons. The lowest BCUT2D eigenvalue weighted by Crippen LogP contribution is -2.21. The van der Waals surface area contributed by atoms with E-state index in [1.807, 2.05) is 0 Å². The average molecular weight is 613 g/mol. The second kappa shape index (κ2) is 13.2. The van der Waals surface area contributed by atoms with Crippen molar-refractivity contribution in [1.29, 1.82) is 0 Å². The van der Waals surface area contributed by atoms with Gasteiger partial charge in [0.05, 0.1) is 28.3 Å². The summed E-state index contributed by atoms with van der Waals surface area (Å²) in [5, 5.41) is 18.6. The van der Waals surface area contributed by atoms with Gasteiger partial charge in [-0.3, -0.25) is 4.79 Å². The van der Waals surface area contributed by atoms with E-state index in [1.54, 1.807) is 67.9 Å². The largest absolute Gasteiger partial charge is 0.416 e. The third kappa shape index (κ3) is 8.30. The molecule has 0 spiro atoms. The molecule has 0 saturated heterocycles. The topological polar surface area (TPSA) is 129 Å². The molecule has 226 valence electrons. The minimum atomic E-state index is -4.48. The van der Waals surface area contributed by atoms with Gasteiger partial charge in [0.25, 0.3) is 0 Å². The fourth-order valence-corrected chi connectivity index (χ4v) is 4.90. The Labute approximate surface area is 247 Å². The van der Waals surface area contributed by atoms with Crippen LogP contribution in [0.15, 0.2) is 88.3 Å². The molecule has 1 amide bonds. The van der Waals surface area contributed by atoms with Crippen LogP contribution in [0.25, 0.3) is 11.1 Å². The minimum Gasteiger partial charge on any atom is -0.394 e. The SMILES string of the molecule is CN=S(C)(=O)c1ccc(Nc2ncc(-c3ccc(NC(=O)Cc4cccc(C(F)(F)F)c4)cc3)c(NC(C)CO)n2)cc1. The Hall–Kier alpha value is -4.49. The zero-order valence-corrected chi connectivity index (χ0v) is 24.5. The molecule has 4 N–H and O–H groups in total. The van der Waals surface area contributed by atoms with Gasteiger partial charge in [-0.05, 0) is 60.5 Å². The van der Waals surface area contributed by atoms with E-state index in [0.29, 0.717) is 33.6 Å². The molecule has 3 aromatic carbocycles. The molecule has 1 aromatic heterocycles. The summed E-state index contributed by atoms with van der Waals surface area (Å²) in [6, 6.07) is 18.1. The van der Waals surface area contributed by atoms with Crippen LogP contribution in [0.5, 0.6) is 0 Å². The fourth-order valence-electron chi connectivity index (χ4n) is 4.05. The summed E-state index contributed by atoms with van der Waals surface area (Å²) in [6.45, 7) is 1.66. The number of nitrogens with zero attached hydrogens (tertiary/aromatic N) is 3. The predicted molar refractivity (Wildman–Crippen MR) is 162 cm³/mol. The summed E-state index contributed by atoms with van der Waals surface area (Å²) >= 11 is 0. The van der Waals surface area contributed by atoms with Crippen molar-refractivity contribution in [3.63, 3.8) is 0 Å². The number of hydrogen-bond donors (Lipinski definition) is 4. The normalized spacial score (nSPS) is 13.5. The highest BCUT2D eigenvalue weighted by Gasteiger charge is 2.30. The van der Waals surface area contributed by atoms with E-state index in [4.69, 9.17) is 0 Å². The van der Waals surface area contributed by atoms with Crippen LogP contribution in [0, 0.1) is 0 Å². The summed E-state index contributed by atoms with van der Waals surface area (Å²) in [6.07, 6.45) is -1.51. The van der Waals surface area contributed by atoms with Crippen LogP contribution < -0.4 is 16.0 Å². The lowest BCUT2D eigenvalue weighted by Gasteiger charge is -2.17. The Morgan fingerprint density at radius 1 is 1.05 bits per heavy atom. The maximum Gasteiger partial charge on any atom is 0.416 e. The maximum atomic E-state index is 13.0. The number of alkyl halides is 3. The number of carbonyl (C=O) groups excluding carboxylic acids is 1. The highest BCUT2D eigenvalue weighted by atomic mass is 32.2. The van der Waals surface area contributed by atoms with E-state index in [9.17, 15) is 27.3 Å². The average Bonchev–Trinajstić information content (AvgIpc) is 2.98. The van der Waals surface area contributed by atoms with Gasteiger partial charge in [-0.1, -0.05) is 30.3 Å². The van der Waals surface area contributed by atoms with Crippen LogP contribution in [-0.2, 0) is 27.1 Å². The van der Waals surface area contributed by atoms with Crippen molar-refractivity contribution < 1.29 is 27.3 Å². The monoisotopic (exact) mass is 612 g/mol. The number of amides is 1. The number of benzene rings is 3. The third-order valence-electron chi connectivity index (χ3n) is 6.44. The molecule has 13 heteroatoms. The van der Waals surface area contributed by atoms with Crippen LogP contribution in [0.2, 0.25) is 0 Å². The van der Waals surface area contributed by atoms with E-state index in [2.05, 4.69) is 30.3 Å². The molecular weight excluding hydrogens is 581 g/mol. The summed E-state index contributed by atoms with van der Waals surface area (Å²) < 4.78 is 55.4. The zero-order chi connectivity index (χ0) is 31.2. The number of carbonyl (C=O) groups is 1. The Morgan fingerprint density at radius 3 is 2.35 bits per heavy atom. The van der Waals surface area contributed by atoms with Gasteiger partial charge in [-0.25, -0.2) is 13.6 Å². The molecule has 1 heterocycles. The standard InChI is InChI=1S/C30H31F3N6O3S/c1-19(18-40)36-28-26(17-35-29(39-28)38-24-11-13-25(14-12-24)43(3,42)34-2)21-7-9-23(10-8-21)37-27(41)16-20-5-4-6-22(15-20)30(31,32)33/h4-15,17,19,40H,16,18H2,1-3H3,(H,37,41)(H2,35,36,38,39). The minimum absolute atomic E-state index is 0.136. The van der Waals surface area contributed by atoms with E-state index < -0.39 is 27.4 Å².